The molecule has 0 unspecified atom stereocenters. The van der Waals surface area contributed by atoms with Crippen LogP contribution in [0.2, 0.25) is 0 Å². The van der Waals surface area contributed by atoms with Crippen molar-refractivity contribution in [1.29, 1.82) is 0 Å². The lowest BCUT2D eigenvalue weighted by atomic mass is 9.93. The number of pyridine rings is 1. The highest BCUT2D eigenvalue weighted by molar-refractivity contribution is 6.02. The van der Waals surface area contributed by atoms with Gasteiger partial charge in [0.1, 0.15) is 17.3 Å². The Kier molecular flexibility index (Phi) is 6.60. The Hall–Kier alpha value is -3.76. The van der Waals surface area contributed by atoms with Crippen LogP contribution >= 0.6 is 0 Å². The van der Waals surface area contributed by atoms with Crippen LogP contribution in [0.1, 0.15) is 53.4 Å². The second kappa shape index (κ2) is 9.28. The number of aldehydes is 1. The molecule has 0 aliphatic heterocycles. The van der Waals surface area contributed by atoms with Gasteiger partial charge in [-0.2, -0.15) is 22.0 Å². The van der Waals surface area contributed by atoms with E-state index in [2.05, 4.69) is 10.3 Å². The predicted octanol–water partition coefficient (Wildman–Crippen LogP) is 7.03. The van der Waals surface area contributed by atoms with Crippen LogP contribution in [0.3, 0.4) is 0 Å². The zero-order chi connectivity index (χ0) is 27.2. The summed E-state index contributed by atoms with van der Waals surface area (Å²) in [5.41, 5.74) is -3.89. The molecular formula is C26H19F7N2O2. The minimum atomic E-state index is -4.75. The minimum absolute atomic E-state index is 0.0543. The smallest absolute Gasteiger partial charge is 0.325 e. The Bertz CT molecular complexity index is 1360. The highest BCUT2D eigenvalue weighted by atomic mass is 19.4. The van der Waals surface area contributed by atoms with Gasteiger partial charge in [-0.3, -0.25) is 14.6 Å². The number of carbonyl (C=O) groups excluding carboxylic acids is 2. The molecule has 0 radical (unpaired) electrons. The Morgan fingerprint density at radius 1 is 1.03 bits per heavy atom. The number of anilines is 1. The van der Waals surface area contributed by atoms with E-state index in [1.54, 1.807) is 0 Å². The van der Waals surface area contributed by atoms with Gasteiger partial charge in [0.05, 0.1) is 11.0 Å². The molecule has 11 heteroatoms. The number of rotatable bonds is 7. The Morgan fingerprint density at radius 2 is 1.73 bits per heavy atom. The molecule has 1 saturated carbocycles. The largest absolute Gasteiger partial charge is 0.416 e. The zero-order valence-corrected chi connectivity index (χ0v) is 19.2. The molecule has 0 saturated heterocycles. The summed E-state index contributed by atoms with van der Waals surface area (Å²) >= 11 is 0. The van der Waals surface area contributed by atoms with E-state index in [1.165, 1.54) is 13.0 Å². The molecule has 194 valence electrons. The number of benzene rings is 2. The minimum Gasteiger partial charge on any atom is -0.325 e. The van der Waals surface area contributed by atoms with Crippen LogP contribution in [-0.4, -0.2) is 17.2 Å². The number of aromatic nitrogens is 1. The Morgan fingerprint density at radius 3 is 2.24 bits per heavy atom. The monoisotopic (exact) mass is 524 g/mol. The molecule has 37 heavy (non-hydrogen) atoms. The second-order valence-electron chi connectivity index (χ2n) is 8.76. The van der Waals surface area contributed by atoms with Gasteiger partial charge in [-0.05, 0) is 43.2 Å². The first-order chi connectivity index (χ1) is 17.3. The van der Waals surface area contributed by atoms with Crippen molar-refractivity contribution in [1.82, 2.24) is 4.98 Å². The number of amides is 1. The van der Waals surface area contributed by atoms with E-state index in [-0.39, 0.29) is 40.8 Å². The van der Waals surface area contributed by atoms with Gasteiger partial charge in [0.2, 0.25) is 5.91 Å². The van der Waals surface area contributed by atoms with Gasteiger partial charge in [-0.15, -0.1) is 0 Å². The molecule has 1 heterocycles. The van der Waals surface area contributed by atoms with Crippen molar-refractivity contribution in [2.24, 2.45) is 0 Å². The molecule has 0 bridgehead atoms. The molecule has 1 N–H and O–H groups in total. The van der Waals surface area contributed by atoms with Crippen molar-refractivity contribution in [2.45, 2.75) is 43.7 Å². The molecule has 2 aromatic carbocycles. The fraction of sp³-hybridized carbons (Fsp3) is 0.269. The topological polar surface area (TPSA) is 59.1 Å². The second-order valence-corrected chi connectivity index (χ2v) is 8.76. The predicted molar refractivity (Wildman–Crippen MR) is 120 cm³/mol. The highest BCUT2D eigenvalue weighted by Crippen LogP contribution is 2.50. The molecule has 1 aromatic heterocycles. The first kappa shape index (κ1) is 26.3. The fourth-order valence-corrected chi connectivity index (χ4v) is 4.11. The van der Waals surface area contributed by atoms with E-state index in [0.717, 1.165) is 30.5 Å². The molecule has 1 aliphatic rings. The SMILES string of the molecule is CCC(F)(F)c1ccc(-c2c(F)cc(NC(=O)C3(c4ccc(C(F)(F)F)cc4F)CC3)cc2C=O)cn1. The van der Waals surface area contributed by atoms with Crippen LogP contribution in [-0.2, 0) is 22.3 Å². The van der Waals surface area contributed by atoms with Gasteiger partial charge in [0.25, 0.3) is 5.92 Å². The third-order valence-electron chi connectivity index (χ3n) is 6.37. The van der Waals surface area contributed by atoms with Crippen LogP contribution in [0.15, 0.2) is 48.7 Å². The van der Waals surface area contributed by atoms with Crippen LogP contribution in [0.4, 0.5) is 36.4 Å². The van der Waals surface area contributed by atoms with Gasteiger partial charge >= 0.3 is 6.18 Å². The summed E-state index contributed by atoms with van der Waals surface area (Å²) in [4.78, 5) is 28.3. The number of carbonyl (C=O) groups is 2. The van der Waals surface area contributed by atoms with Crippen LogP contribution < -0.4 is 5.32 Å². The third kappa shape index (κ3) is 4.94. The van der Waals surface area contributed by atoms with E-state index in [1.807, 2.05) is 0 Å². The maximum absolute atomic E-state index is 15.0. The summed E-state index contributed by atoms with van der Waals surface area (Å²) in [7, 11) is 0. The van der Waals surface area contributed by atoms with Crippen molar-refractivity contribution in [2.75, 3.05) is 5.32 Å². The van der Waals surface area contributed by atoms with Gasteiger partial charge in [-0.25, -0.2) is 8.78 Å². The van der Waals surface area contributed by atoms with Crippen LogP contribution in [0, 0.1) is 11.6 Å². The Labute approximate surface area is 206 Å². The summed E-state index contributed by atoms with van der Waals surface area (Å²) in [6.45, 7) is 1.28. The summed E-state index contributed by atoms with van der Waals surface area (Å²) < 4.78 is 95.8. The lowest BCUT2D eigenvalue weighted by molar-refractivity contribution is -0.137. The molecule has 3 aromatic rings. The molecule has 4 nitrogen and oxygen atoms in total. The number of nitrogens with one attached hydrogen (secondary N) is 1. The maximum atomic E-state index is 15.0. The summed E-state index contributed by atoms with van der Waals surface area (Å²) in [6.07, 6.45) is -3.61. The molecule has 1 fully saturated rings. The van der Waals surface area contributed by atoms with E-state index in [0.29, 0.717) is 18.4 Å². The van der Waals surface area contributed by atoms with E-state index < -0.39 is 52.7 Å². The standard InChI is InChI=1S/C26H19F7N2O2/c1-2-25(29,30)21-6-3-14(12-34-21)22-15(13-36)9-17(11-20(22)28)35-23(37)24(7-8-24)18-5-4-16(10-19(18)27)26(31,32)33/h3-6,9-13H,2,7-8H2,1H3,(H,35,37). The number of halogens is 7. The fourth-order valence-electron chi connectivity index (χ4n) is 4.11. The third-order valence-corrected chi connectivity index (χ3v) is 6.37. The maximum Gasteiger partial charge on any atom is 0.416 e. The van der Waals surface area contributed by atoms with Crippen LogP contribution in [0.5, 0.6) is 0 Å². The van der Waals surface area contributed by atoms with Crippen molar-refractivity contribution in [3.63, 3.8) is 0 Å². The molecular weight excluding hydrogens is 505 g/mol. The lowest BCUT2D eigenvalue weighted by Gasteiger charge is -2.19. The van der Waals surface area contributed by atoms with E-state index >= 15 is 4.39 Å². The average molecular weight is 524 g/mol. The van der Waals surface area contributed by atoms with Gasteiger partial charge in [0, 0.05) is 40.6 Å². The number of hydrogen-bond acceptors (Lipinski definition) is 3. The number of nitrogens with zero attached hydrogens (tertiary/aromatic N) is 1. The van der Waals surface area contributed by atoms with E-state index in [9.17, 15) is 35.9 Å². The highest BCUT2D eigenvalue weighted by Gasteiger charge is 2.53. The molecule has 4 rings (SSSR count). The normalized spacial score (nSPS) is 14.8. The van der Waals surface area contributed by atoms with Crippen molar-refractivity contribution in [3.05, 3.63) is 82.7 Å². The van der Waals surface area contributed by atoms with Gasteiger partial charge < -0.3 is 5.32 Å². The average Bonchev–Trinajstić information content (AvgIpc) is 3.65. The summed E-state index contributed by atoms with van der Waals surface area (Å²) in [5, 5.41) is 2.40. The molecule has 0 atom stereocenters. The van der Waals surface area contributed by atoms with Gasteiger partial charge in [0.15, 0.2) is 6.29 Å². The summed E-state index contributed by atoms with van der Waals surface area (Å²) in [5.74, 6) is -6.10. The Balaban J connectivity index is 1.61. The first-order valence-corrected chi connectivity index (χ1v) is 11.1. The first-order valence-electron chi connectivity index (χ1n) is 11.1. The molecule has 1 amide bonds. The van der Waals surface area contributed by atoms with Crippen molar-refractivity contribution in [3.8, 4) is 11.1 Å². The zero-order valence-electron chi connectivity index (χ0n) is 19.2. The van der Waals surface area contributed by atoms with Crippen molar-refractivity contribution >= 4 is 17.9 Å². The number of alkyl halides is 5. The quantitative estimate of drug-likeness (QED) is 0.267. The van der Waals surface area contributed by atoms with Crippen LogP contribution in [0.25, 0.3) is 11.1 Å². The summed E-state index contributed by atoms with van der Waals surface area (Å²) in [6, 6.07) is 6.17. The molecule has 0 spiro atoms. The lowest BCUT2D eigenvalue weighted by Crippen LogP contribution is -2.29. The van der Waals surface area contributed by atoms with E-state index in [4.69, 9.17) is 0 Å². The number of hydrogen-bond donors (Lipinski definition) is 1. The van der Waals surface area contributed by atoms with Gasteiger partial charge in [-0.1, -0.05) is 19.1 Å². The van der Waals surface area contributed by atoms with Crippen molar-refractivity contribution < 1.29 is 40.3 Å². The molecule has 1 aliphatic carbocycles.